The number of rotatable bonds is 1. The van der Waals surface area contributed by atoms with Crippen molar-refractivity contribution >= 4 is 26.9 Å². The Kier molecular flexibility index (Phi) is 2.83. The Morgan fingerprint density at radius 1 is 1.42 bits per heavy atom. The zero-order valence-corrected chi connectivity index (χ0v) is 8.53. The van der Waals surface area contributed by atoms with Gasteiger partial charge in [-0.2, -0.15) is 0 Å². The van der Waals surface area contributed by atoms with Crippen molar-refractivity contribution in [2.75, 3.05) is 24.6 Å². The van der Waals surface area contributed by atoms with Crippen LogP contribution in [0.25, 0.3) is 0 Å². The minimum atomic E-state index is -0.851. The fourth-order valence-corrected chi connectivity index (χ4v) is 2.71. The topological polar surface area (TPSA) is 20.3 Å². The Morgan fingerprint density at radius 3 is 2.33 bits per heavy atom. The first-order valence-corrected chi connectivity index (χ1v) is 6.58. The van der Waals surface area contributed by atoms with E-state index in [2.05, 4.69) is 11.7 Å². The van der Waals surface area contributed by atoms with Crippen molar-refractivity contribution in [1.82, 2.24) is 4.90 Å². The van der Waals surface area contributed by atoms with Crippen LogP contribution in [0.3, 0.4) is 0 Å². The van der Waals surface area contributed by atoms with Gasteiger partial charge in [-0.1, -0.05) is 18.7 Å². The fourth-order valence-electron chi connectivity index (χ4n) is 1.29. The van der Waals surface area contributed by atoms with E-state index in [1.54, 1.807) is 0 Å². The highest BCUT2D eigenvalue weighted by atomic mass is 32.2. The Balaban J connectivity index is 2.52. The lowest BCUT2D eigenvalue weighted by molar-refractivity contribution is -0.130. The van der Waals surface area contributed by atoms with E-state index in [1.165, 1.54) is 0 Å². The van der Waals surface area contributed by atoms with Crippen LogP contribution in [0.2, 0.25) is 0 Å². The highest BCUT2D eigenvalue weighted by molar-refractivity contribution is 8.27. The second-order valence-electron chi connectivity index (χ2n) is 3.37. The van der Waals surface area contributed by atoms with Gasteiger partial charge in [0.2, 0.25) is 5.91 Å². The van der Waals surface area contributed by atoms with Gasteiger partial charge in [-0.3, -0.25) is 4.79 Å². The minimum Gasteiger partial charge on any atom is -0.341 e. The number of amides is 1. The molecule has 1 aliphatic rings. The molecule has 1 aliphatic heterocycles. The van der Waals surface area contributed by atoms with Crippen LogP contribution in [-0.2, 0) is 4.79 Å². The summed E-state index contributed by atoms with van der Waals surface area (Å²) in [6, 6.07) is 0. The highest BCUT2D eigenvalue weighted by Gasteiger charge is 2.17. The number of nitrogens with zero attached hydrogens (tertiary/aromatic N) is 1. The van der Waals surface area contributed by atoms with Crippen LogP contribution < -0.4 is 0 Å². The standard InChI is InChI=1S/C9H17NOS/c1-4-9(11)10-5-7-12(2,3)8-6-10/h2-8H2,1H3. The molecule has 12 heavy (non-hydrogen) atoms. The van der Waals surface area contributed by atoms with Gasteiger partial charge >= 0.3 is 0 Å². The third kappa shape index (κ3) is 2.27. The summed E-state index contributed by atoms with van der Waals surface area (Å²) >= 11 is 0. The number of carbonyl (C=O) groups is 1. The Labute approximate surface area is 75.0 Å². The van der Waals surface area contributed by atoms with Gasteiger partial charge in [0.1, 0.15) is 0 Å². The van der Waals surface area contributed by atoms with Gasteiger partial charge in [0, 0.05) is 31.0 Å². The van der Waals surface area contributed by atoms with Crippen molar-refractivity contribution in [1.29, 1.82) is 0 Å². The maximum Gasteiger partial charge on any atom is 0.222 e. The molecular weight excluding hydrogens is 170 g/mol. The van der Waals surface area contributed by atoms with Gasteiger partial charge in [0.15, 0.2) is 0 Å². The summed E-state index contributed by atoms with van der Waals surface area (Å²) in [6.07, 6.45) is 0.622. The maximum absolute atomic E-state index is 11.3. The molecule has 3 heteroatoms. The van der Waals surface area contributed by atoms with E-state index >= 15 is 0 Å². The first-order chi connectivity index (χ1) is 5.55. The monoisotopic (exact) mass is 187 g/mol. The fraction of sp³-hybridized carbons (Fsp3) is 0.667. The molecule has 0 spiro atoms. The molecule has 1 amide bonds. The molecule has 1 fully saturated rings. The summed E-state index contributed by atoms with van der Waals surface area (Å²) in [5.41, 5.74) is 0. The predicted molar refractivity (Wildman–Crippen MR) is 58.4 cm³/mol. The molecule has 0 atom stereocenters. The molecule has 0 aromatic rings. The minimum absolute atomic E-state index is 0.268. The van der Waals surface area contributed by atoms with E-state index in [0.29, 0.717) is 6.42 Å². The lowest BCUT2D eigenvalue weighted by atomic mass is 10.4. The first kappa shape index (κ1) is 9.65. The van der Waals surface area contributed by atoms with E-state index in [-0.39, 0.29) is 5.91 Å². The molecule has 1 rings (SSSR count). The van der Waals surface area contributed by atoms with E-state index in [1.807, 2.05) is 11.8 Å². The average molecular weight is 187 g/mol. The van der Waals surface area contributed by atoms with E-state index in [0.717, 1.165) is 24.6 Å². The smallest absolute Gasteiger partial charge is 0.222 e. The van der Waals surface area contributed by atoms with Crippen LogP contribution in [-0.4, -0.2) is 47.1 Å². The van der Waals surface area contributed by atoms with Crippen LogP contribution in [0, 0.1) is 0 Å². The van der Waals surface area contributed by atoms with Gasteiger partial charge in [-0.15, -0.1) is 0 Å². The van der Waals surface area contributed by atoms with Crippen LogP contribution >= 0.6 is 9.21 Å². The van der Waals surface area contributed by atoms with Gasteiger partial charge in [0.25, 0.3) is 0 Å². The zero-order chi connectivity index (χ0) is 9.19. The normalized spacial score (nSPS) is 22.2. The third-order valence-electron chi connectivity index (χ3n) is 2.24. The summed E-state index contributed by atoms with van der Waals surface area (Å²) in [4.78, 5) is 13.2. The van der Waals surface area contributed by atoms with Crippen molar-refractivity contribution in [3.63, 3.8) is 0 Å². The molecule has 0 aromatic carbocycles. The first-order valence-electron chi connectivity index (χ1n) is 4.28. The van der Waals surface area contributed by atoms with Crippen LogP contribution in [0.15, 0.2) is 0 Å². The molecule has 0 saturated carbocycles. The molecule has 0 bridgehead atoms. The SMILES string of the molecule is C=S1(=C)CCN(C(=O)CC)CC1. The average Bonchev–Trinajstić information content (AvgIpc) is 2.03. The zero-order valence-electron chi connectivity index (χ0n) is 7.71. The van der Waals surface area contributed by atoms with E-state index < -0.39 is 9.21 Å². The second-order valence-corrected chi connectivity index (χ2v) is 6.63. The van der Waals surface area contributed by atoms with Crippen molar-refractivity contribution in [3.8, 4) is 0 Å². The third-order valence-corrected chi connectivity index (χ3v) is 4.34. The van der Waals surface area contributed by atoms with E-state index in [4.69, 9.17) is 0 Å². The summed E-state index contributed by atoms with van der Waals surface area (Å²) in [7, 11) is -0.851. The molecule has 0 radical (unpaired) electrons. The molecule has 2 nitrogen and oxygen atoms in total. The second kappa shape index (κ2) is 3.52. The molecular formula is C9H17NOS. The Hall–Kier alpha value is -0.440. The predicted octanol–water partition coefficient (Wildman–Crippen LogP) is 0.907. The van der Waals surface area contributed by atoms with Crippen molar-refractivity contribution in [2.45, 2.75) is 13.3 Å². The largest absolute Gasteiger partial charge is 0.341 e. The quantitative estimate of drug-likeness (QED) is 0.559. The molecule has 0 aromatic heterocycles. The summed E-state index contributed by atoms with van der Waals surface area (Å²) < 4.78 is 0. The maximum atomic E-state index is 11.3. The molecule has 70 valence electrons. The molecule has 0 aliphatic carbocycles. The number of hydrogen-bond donors (Lipinski definition) is 0. The summed E-state index contributed by atoms with van der Waals surface area (Å²) in [5.74, 6) is 10.5. The van der Waals surface area contributed by atoms with Gasteiger partial charge in [-0.25, -0.2) is 9.21 Å². The summed E-state index contributed by atoms with van der Waals surface area (Å²) in [6.45, 7) is 3.65. The lowest BCUT2D eigenvalue weighted by Gasteiger charge is -2.31. The van der Waals surface area contributed by atoms with Crippen molar-refractivity contribution in [2.24, 2.45) is 0 Å². The van der Waals surface area contributed by atoms with Crippen LogP contribution in [0.4, 0.5) is 0 Å². The van der Waals surface area contributed by atoms with E-state index in [9.17, 15) is 4.79 Å². The Bertz CT molecular complexity index is 252. The van der Waals surface area contributed by atoms with Gasteiger partial charge in [0.05, 0.1) is 0 Å². The molecule has 0 N–H and O–H groups in total. The molecule has 1 heterocycles. The van der Waals surface area contributed by atoms with Crippen LogP contribution in [0.5, 0.6) is 0 Å². The Morgan fingerprint density at radius 2 is 1.92 bits per heavy atom. The van der Waals surface area contributed by atoms with Crippen LogP contribution in [0.1, 0.15) is 13.3 Å². The lowest BCUT2D eigenvalue weighted by Crippen LogP contribution is -2.39. The number of hydrogen-bond acceptors (Lipinski definition) is 1. The molecule has 1 saturated heterocycles. The van der Waals surface area contributed by atoms with Crippen molar-refractivity contribution in [3.05, 3.63) is 0 Å². The molecule has 0 unspecified atom stereocenters. The van der Waals surface area contributed by atoms with Gasteiger partial charge in [-0.05, 0) is 0 Å². The van der Waals surface area contributed by atoms with Gasteiger partial charge < -0.3 is 4.90 Å². The number of carbonyl (C=O) groups excluding carboxylic acids is 1. The summed E-state index contributed by atoms with van der Waals surface area (Å²) in [5, 5.41) is 0. The van der Waals surface area contributed by atoms with Crippen molar-refractivity contribution < 1.29 is 4.79 Å². The highest BCUT2D eigenvalue weighted by Crippen LogP contribution is 2.23.